The highest BCUT2D eigenvalue weighted by atomic mass is 79.9. The third kappa shape index (κ3) is 3.23. The Kier molecular flexibility index (Phi) is 3.68. The van der Waals surface area contributed by atoms with Gasteiger partial charge >= 0.3 is 6.01 Å². The van der Waals surface area contributed by atoms with Crippen LogP contribution >= 0.6 is 15.9 Å². The Morgan fingerprint density at radius 2 is 2.24 bits per heavy atom. The average Bonchev–Trinajstić information content (AvgIpc) is 2.63. The Labute approximate surface area is 107 Å². The number of hydrogen-bond acceptors (Lipinski definition) is 5. The molecule has 7 heteroatoms. The van der Waals surface area contributed by atoms with E-state index in [-0.39, 0.29) is 6.01 Å². The second kappa shape index (κ2) is 5.22. The summed E-state index contributed by atoms with van der Waals surface area (Å²) in [5, 5.41) is 4.02. The molecule has 0 bridgehead atoms. The van der Waals surface area contributed by atoms with E-state index in [1.807, 2.05) is 0 Å². The SMILES string of the molecule is CCCc1nc(Br)cc(Oc2ncn(C)n2)n1. The number of rotatable bonds is 4. The summed E-state index contributed by atoms with van der Waals surface area (Å²) in [4.78, 5) is 12.5. The zero-order valence-corrected chi connectivity index (χ0v) is 11.2. The highest BCUT2D eigenvalue weighted by molar-refractivity contribution is 9.10. The molecule has 0 radical (unpaired) electrons. The van der Waals surface area contributed by atoms with Gasteiger partial charge in [-0.3, -0.25) is 4.68 Å². The molecule has 0 unspecified atom stereocenters. The van der Waals surface area contributed by atoms with E-state index in [1.165, 1.54) is 0 Å². The molecule has 2 heterocycles. The fourth-order valence-corrected chi connectivity index (χ4v) is 1.69. The molecule has 0 fully saturated rings. The second-order valence-electron chi connectivity index (χ2n) is 3.50. The van der Waals surface area contributed by atoms with Gasteiger partial charge < -0.3 is 4.74 Å². The van der Waals surface area contributed by atoms with Gasteiger partial charge in [0, 0.05) is 19.5 Å². The molecule has 0 aliphatic rings. The van der Waals surface area contributed by atoms with Gasteiger partial charge in [-0.05, 0) is 22.4 Å². The summed E-state index contributed by atoms with van der Waals surface area (Å²) in [6.07, 6.45) is 3.36. The van der Waals surface area contributed by atoms with Crippen LogP contribution in [0.4, 0.5) is 0 Å². The van der Waals surface area contributed by atoms with E-state index in [9.17, 15) is 0 Å². The maximum Gasteiger partial charge on any atom is 0.342 e. The van der Waals surface area contributed by atoms with Gasteiger partial charge in [0.25, 0.3) is 0 Å². The van der Waals surface area contributed by atoms with E-state index in [0.29, 0.717) is 10.5 Å². The summed E-state index contributed by atoms with van der Waals surface area (Å²) in [7, 11) is 1.78. The molecule has 0 aromatic carbocycles. The van der Waals surface area contributed by atoms with Crippen LogP contribution in [0.25, 0.3) is 0 Å². The molecule has 17 heavy (non-hydrogen) atoms. The molecule has 0 amide bonds. The van der Waals surface area contributed by atoms with Crippen LogP contribution < -0.4 is 4.74 Å². The Hall–Kier alpha value is -1.50. The highest BCUT2D eigenvalue weighted by Gasteiger charge is 2.07. The first kappa shape index (κ1) is 12.0. The molecule has 6 nitrogen and oxygen atoms in total. The monoisotopic (exact) mass is 297 g/mol. The normalized spacial score (nSPS) is 10.5. The lowest BCUT2D eigenvalue weighted by Gasteiger charge is -2.03. The molecule has 0 spiro atoms. The Morgan fingerprint density at radius 1 is 1.41 bits per heavy atom. The minimum absolute atomic E-state index is 0.278. The van der Waals surface area contributed by atoms with Crippen molar-refractivity contribution in [2.75, 3.05) is 0 Å². The van der Waals surface area contributed by atoms with Crippen molar-refractivity contribution in [2.24, 2.45) is 7.05 Å². The van der Waals surface area contributed by atoms with Gasteiger partial charge in [-0.2, -0.15) is 9.97 Å². The van der Waals surface area contributed by atoms with Crippen molar-refractivity contribution in [1.29, 1.82) is 0 Å². The van der Waals surface area contributed by atoms with Crippen molar-refractivity contribution in [3.8, 4) is 11.9 Å². The lowest BCUT2D eigenvalue weighted by molar-refractivity contribution is 0.418. The molecule has 0 aliphatic carbocycles. The lowest BCUT2D eigenvalue weighted by atomic mass is 10.3. The van der Waals surface area contributed by atoms with Crippen LogP contribution in [0.2, 0.25) is 0 Å². The first-order valence-corrected chi connectivity index (χ1v) is 6.03. The topological polar surface area (TPSA) is 65.7 Å². The third-order valence-electron chi connectivity index (χ3n) is 1.97. The molecule has 2 rings (SSSR count). The van der Waals surface area contributed by atoms with Crippen LogP contribution in [-0.4, -0.2) is 24.7 Å². The van der Waals surface area contributed by atoms with E-state index in [1.54, 1.807) is 24.1 Å². The van der Waals surface area contributed by atoms with E-state index >= 15 is 0 Å². The summed E-state index contributed by atoms with van der Waals surface area (Å²) >= 11 is 3.32. The zero-order chi connectivity index (χ0) is 12.3. The van der Waals surface area contributed by atoms with Crippen LogP contribution in [-0.2, 0) is 13.5 Å². The molecule has 2 aromatic rings. The summed E-state index contributed by atoms with van der Waals surface area (Å²) in [6.45, 7) is 2.07. The lowest BCUT2D eigenvalue weighted by Crippen LogP contribution is -1.98. The van der Waals surface area contributed by atoms with E-state index in [0.717, 1.165) is 18.7 Å². The number of aromatic nitrogens is 5. The van der Waals surface area contributed by atoms with Crippen molar-refractivity contribution in [2.45, 2.75) is 19.8 Å². The first-order valence-electron chi connectivity index (χ1n) is 5.24. The zero-order valence-electron chi connectivity index (χ0n) is 9.59. The molecule has 0 atom stereocenters. The predicted octanol–water partition coefficient (Wildman–Crippen LogP) is 2.11. The number of nitrogens with zero attached hydrogens (tertiary/aromatic N) is 5. The Bertz CT molecular complexity index is 513. The fourth-order valence-electron chi connectivity index (χ4n) is 1.29. The molecule has 0 aliphatic heterocycles. The minimum Gasteiger partial charge on any atom is -0.404 e. The van der Waals surface area contributed by atoms with Gasteiger partial charge in [0.1, 0.15) is 16.8 Å². The van der Waals surface area contributed by atoms with Crippen LogP contribution in [0, 0.1) is 0 Å². The number of aryl methyl sites for hydroxylation is 2. The summed E-state index contributed by atoms with van der Waals surface area (Å²) < 4.78 is 7.71. The van der Waals surface area contributed by atoms with Crippen molar-refractivity contribution < 1.29 is 4.74 Å². The van der Waals surface area contributed by atoms with Crippen LogP contribution in [0.3, 0.4) is 0 Å². The quantitative estimate of drug-likeness (QED) is 0.809. The van der Waals surface area contributed by atoms with Gasteiger partial charge in [-0.1, -0.05) is 6.92 Å². The Balaban J connectivity index is 2.20. The van der Waals surface area contributed by atoms with Gasteiger partial charge in [-0.25, -0.2) is 4.98 Å². The predicted molar refractivity (Wildman–Crippen MR) is 64.8 cm³/mol. The largest absolute Gasteiger partial charge is 0.404 e. The first-order chi connectivity index (χ1) is 8.17. The smallest absolute Gasteiger partial charge is 0.342 e. The van der Waals surface area contributed by atoms with Crippen molar-refractivity contribution in [3.05, 3.63) is 22.8 Å². The number of halogens is 1. The molecule has 0 saturated carbocycles. The highest BCUT2D eigenvalue weighted by Crippen LogP contribution is 2.19. The average molecular weight is 298 g/mol. The molecule has 0 N–H and O–H groups in total. The molecular weight excluding hydrogens is 286 g/mol. The standard InChI is InChI=1S/C10H12BrN5O/c1-3-4-8-13-7(11)5-9(14-8)17-10-12-6-16(2)15-10/h5-6H,3-4H2,1-2H3. The van der Waals surface area contributed by atoms with Crippen LogP contribution in [0.1, 0.15) is 19.2 Å². The van der Waals surface area contributed by atoms with E-state index in [4.69, 9.17) is 4.74 Å². The maximum absolute atomic E-state index is 5.44. The van der Waals surface area contributed by atoms with Crippen LogP contribution in [0.15, 0.2) is 17.0 Å². The third-order valence-corrected chi connectivity index (χ3v) is 2.37. The molecule has 0 saturated heterocycles. The maximum atomic E-state index is 5.44. The van der Waals surface area contributed by atoms with E-state index < -0.39 is 0 Å². The summed E-state index contributed by atoms with van der Waals surface area (Å²) in [5.74, 6) is 1.19. The van der Waals surface area contributed by atoms with Gasteiger partial charge in [0.05, 0.1) is 0 Å². The Morgan fingerprint density at radius 3 is 2.88 bits per heavy atom. The summed E-state index contributed by atoms with van der Waals surface area (Å²) in [6, 6.07) is 1.97. The van der Waals surface area contributed by atoms with Gasteiger partial charge in [0.15, 0.2) is 0 Å². The number of ether oxygens (including phenoxy) is 1. The van der Waals surface area contributed by atoms with Crippen LogP contribution in [0.5, 0.6) is 11.9 Å². The fraction of sp³-hybridized carbons (Fsp3) is 0.400. The van der Waals surface area contributed by atoms with Crippen molar-refractivity contribution >= 4 is 15.9 Å². The minimum atomic E-state index is 0.278. The molecule has 90 valence electrons. The van der Waals surface area contributed by atoms with E-state index in [2.05, 4.69) is 42.9 Å². The van der Waals surface area contributed by atoms with Crippen molar-refractivity contribution in [1.82, 2.24) is 24.7 Å². The number of hydrogen-bond donors (Lipinski definition) is 0. The second-order valence-corrected chi connectivity index (χ2v) is 4.31. The molecular formula is C10H12BrN5O. The van der Waals surface area contributed by atoms with Gasteiger partial charge in [0.2, 0.25) is 5.88 Å². The molecule has 2 aromatic heterocycles. The van der Waals surface area contributed by atoms with Crippen molar-refractivity contribution in [3.63, 3.8) is 0 Å². The summed E-state index contributed by atoms with van der Waals surface area (Å²) in [5.41, 5.74) is 0. The van der Waals surface area contributed by atoms with Gasteiger partial charge in [-0.15, -0.1) is 5.10 Å².